The van der Waals surface area contributed by atoms with Crippen molar-refractivity contribution < 1.29 is 12.8 Å². The van der Waals surface area contributed by atoms with Gasteiger partial charge in [-0.1, -0.05) is 0 Å². The van der Waals surface area contributed by atoms with Gasteiger partial charge < -0.3 is 10.6 Å². The lowest BCUT2D eigenvalue weighted by molar-refractivity contribution is 0.248. The summed E-state index contributed by atoms with van der Waals surface area (Å²) in [5.74, 6) is -0.613. The Kier molecular flexibility index (Phi) is 4.07. The number of nitrogen functional groups attached to an aromatic ring is 1. The van der Waals surface area contributed by atoms with Crippen molar-refractivity contribution in [1.82, 2.24) is 9.62 Å². The molecule has 0 aliphatic carbocycles. The first-order valence-corrected chi connectivity index (χ1v) is 7.63. The molecule has 7 heteroatoms. The number of hydrogen-bond donors (Lipinski definition) is 2. The van der Waals surface area contributed by atoms with E-state index >= 15 is 0 Å². The van der Waals surface area contributed by atoms with Crippen LogP contribution in [0.2, 0.25) is 0 Å². The second-order valence-electron chi connectivity index (χ2n) is 4.88. The number of halogens is 1. The number of sulfonamides is 1. The zero-order valence-electron chi connectivity index (χ0n) is 10.8. The average molecular weight is 287 g/mol. The third-order valence-corrected chi connectivity index (χ3v) is 4.88. The van der Waals surface area contributed by atoms with Crippen LogP contribution in [0.15, 0.2) is 23.1 Å². The van der Waals surface area contributed by atoms with Gasteiger partial charge in [0.1, 0.15) is 10.7 Å². The lowest BCUT2D eigenvalue weighted by atomic mass is 10.1. The first-order chi connectivity index (χ1) is 8.88. The zero-order valence-corrected chi connectivity index (χ0v) is 11.6. The van der Waals surface area contributed by atoms with E-state index in [0.29, 0.717) is 0 Å². The van der Waals surface area contributed by atoms with Gasteiger partial charge in [-0.25, -0.2) is 17.5 Å². The fourth-order valence-corrected chi connectivity index (χ4v) is 3.60. The van der Waals surface area contributed by atoms with Gasteiger partial charge in [-0.15, -0.1) is 0 Å². The van der Waals surface area contributed by atoms with E-state index in [1.54, 1.807) is 0 Å². The van der Waals surface area contributed by atoms with Crippen molar-refractivity contribution in [3.8, 4) is 0 Å². The summed E-state index contributed by atoms with van der Waals surface area (Å²) >= 11 is 0. The second-order valence-corrected chi connectivity index (χ2v) is 6.56. The highest BCUT2D eigenvalue weighted by Gasteiger charge is 2.25. The Morgan fingerprint density at radius 1 is 1.37 bits per heavy atom. The summed E-state index contributed by atoms with van der Waals surface area (Å²) in [5.41, 5.74) is 5.67. The van der Waals surface area contributed by atoms with Crippen molar-refractivity contribution in [2.45, 2.75) is 23.8 Å². The van der Waals surface area contributed by atoms with E-state index in [1.807, 2.05) is 7.05 Å². The van der Waals surface area contributed by atoms with Crippen LogP contribution in [0.3, 0.4) is 0 Å². The molecular formula is C12H18FN3O2S. The van der Waals surface area contributed by atoms with Gasteiger partial charge in [0.2, 0.25) is 10.0 Å². The number of anilines is 1. The number of nitrogens with one attached hydrogen (secondary N) is 1. The molecule has 1 fully saturated rings. The molecule has 0 atom stereocenters. The molecule has 1 aromatic carbocycles. The summed E-state index contributed by atoms with van der Waals surface area (Å²) in [6, 6.07) is 3.23. The maximum absolute atomic E-state index is 13.2. The zero-order chi connectivity index (χ0) is 14.0. The molecule has 1 heterocycles. The standard InChI is InChI=1S/C12H18FN3O2S/c1-16-6-4-10(5-7-16)15-19(17,18)12-8-9(13)2-3-11(12)14/h2-3,8,10,15H,4-7,14H2,1H3. The molecule has 0 amide bonds. The second kappa shape index (κ2) is 5.44. The minimum Gasteiger partial charge on any atom is -0.398 e. The van der Waals surface area contributed by atoms with Crippen molar-refractivity contribution in [3.63, 3.8) is 0 Å². The third-order valence-electron chi connectivity index (χ3n) is 3.31. The molecule has 0 radical (unpaired) electrons. The van der Waals surface area contributed by atoms with Gasteiger partial charge in [-0.05, 0) is 51.2 Å². The predicted molar refractivity (Wildman–Crippen MR) is 71.7 cm³/mol. The van der Waals surface area contributed by atoms with Crippen LogP contribution in [-0.4, -0.2) is 39.5 Å². The van der Waals surface area contributed by atoms with Gasteiger partial charge in [-0.3, -0.25) is 0 Å². The van der Waals surface area contributed by atoms with E-state index in [4.69, 9.17) is 5.73 Å². The number of hydrogen-bond acceptors (Lipinski definition) is 4. The van der Waals surface area contributed by atoms with Gasteiger partial charge in [0.25, 0.3) is 0 Å². The maximum atomic E-state index is 13.2. The Morgan fingerprint density at radius 2 is 2.00 bits per heavy atom. The van der Waals surface area contributed by atoms with Gasteiger partial charge in [0.05, 0.1) is 5.69 Å². The quantitative estimate of drug-likeness (QED) is 0.806. The molecule has 2 rings (SSSR count). The number of piperidine rings is 1. The minimum atomic E-state index is -3.76. The highest BCUT2D eigenvalue weighted by molar-refractivity contribution is 7.89. The molecule has 0 spiro atoms. The van der Waals surface area contributed by atoms with Gasteiger partial charge in [0.15, 0.2) is 0 Å². The Bertz CT molecular complexity index is 554. The van der Waals surface area contributed by atoms with Crippen molar-refractivity contribution in [1.29, 1.82) is 0 Å². The van der Waals surface area contributed by atoms with Gasteiger partial charge >= 0.3 is 0 Å². The van der Waals surface area contributed by atoms with Crippen LogP contribution in [0.1, 0.15) is 12.8 Å². The van der Waals surface area contributed by atoms with Crippen LogP contribution in [0.25, 0.3) is 0 Å². The molecular weight excluding hydrogens is 269 g/mol. The van der Waals surface area contributed by atoms with Crippen LogP contribution in [0.4, 0.5) is 10.1 Å². The maximum Gasteiger partial charge on any atom is 0.242 e. The Balaban J connectivity index is 2.16. The molecule has 1 saturated heterocycles. The van der Waals surface area contributed by atoms with E-state index in [1.165, 1.54) is 6.07 Å². The summed E-state index contributed by atoms with van der Waals surface area (Å²) in [6.07, 6.45) is 1.48. The first kappa shape index (κ1) is 14.2. The number of nitrogens with zero attached hydrogens (tertiary/aromatic N) is 1. The van der Waals surface area contributed by atoms with E-state index in [-0.39, 0.29) is 16.6 Å². The number of likely N-dealkylation sites (tertiary alicyclic amines) is 1. The van der Waals surface area contributed by atoms with E-state index in [9.17, 15) is 12.8 Å². The third kappa shape index (κ3) is 3.43. The number of nitrogens with two attached hydrogens (primary N) is 1. The smallest absolute Gasteiger partial charge is 0.242 e. The lowest BCUT2D eigenvalue weighted by Gasteiger charge is -2.29. The fourth-order valence-electron chi connectivity index (χ4n) is 2.15. The molecule has 0 aromatic heterocycles. The SMILES string of the molecule is CN1CCC(NS(=O)(=O)c2cc(F)ccc2N)CC1. The predicted octanol–water partition coefficient (Wildman–Crippen LogP) is 0.780. The summed E-state index contributed by atoms with van der Waals surface area (Å²) in [5, 5.41) is 0. The normalized spacial score (nSPS) is 18.6. The lowest BCUT2D eigenvalue weighted by Crippen LogP contribution is -2.43. The van der Waals surface area contributed by atoms with Gasteiger partial charge in [0, 0.05) is 6.04 Å². The number of benzene rings is 1. The molecule has 3 N–H and O–H groups in total. The highest BCUT2D eigenvalue weighted by atomic mass is 32.2. The summed E-state index contributed by atoms with van der Waals surface area (Å²) in [6.45, 7) is 1.68. The van der Waals surface area contributed by atoms with Crippen molar-refractivity contribution in [3.05, 3.63) is 24.0 Å². The molecule has 1 aliphatic rings. The van der Waals surface area contributed by atoms with Crippen LogP contribution in [0.5, 0.6) is 0 Å². The molecule has 0 saturated carbocycles. The Morgan fingerprint density at radius 3 is 2.63 bits per heavy atom. The van der Waals surface area contributed by atoms with Crippen molar-refractivity contribution >= 4 is 15.7 Å². The van der Waals surface area contributed by atoms with Crippen LogP contribution in [0, 0.1) is 5.82 Å². The largest absolute Gasteiger partial charge is 0.398 e. The Hall–Kier alpha value is -1.18. The molecule has 1 aromatic rings. The minimum absolute atomic E-state index is 0.0572. The molecule has 106 valence electrons. The Labute approximate surface area is 112 Å². The first-order valence-electron chi connectivity index (χ1n) is 6.14. The van der Waals surface area contributed by atoms with E-state index in [2.05, 4.69) is 9.62 Å². The number of rotatable bonds is 3. The summed E-state index contributed by atoms with van der Waals surface area (Å²) in [7, 11) is -1.77. The molecule has 5 nitrogen and oxygen atoms in total. The molecule has 1 aliphatic heterocycles. The highest BCUT2D eigenvalue weighted by Crippen LogP contribution is 2.20. The monoisotopic (exact) mass is 287 g/mol. The van der Waals surface area contributed by atoms with Crippen LogP contribution in [-0.2, 0) is 10.0 Å². The van der Waals surface area contributed by atoms with Crippen LogP contribution < -0.4 is 10.5 Å². The topological polar surface area (TPSA) is 75.4 Å². The molecule has 0 bridgehead atoms. The van der Waals surface area contributed by atoms with E-state index < -0.39 is 15.8 Å². The fraction of sp³-hybridized carbons (Fsp3) is 0.500. The summed E-state index contributed by atoms with van der Waals surface area (Å²) in [4.78, 5) is 1.95. The van der Waals surface area contributed by atoms with Crippen LogP contribution >= 0.6 is 0 Å². The molecule has 19 heavy (non-hydrogen) atoms. The van der Waals surface area contributed by atoms with E-state index in [0.717, 1.165) is 38.1 Å². The molecule has 0 unspecified atom stereocenters. The van der Waals surface area contributed by atoms with Gasteiger partial charge in [-0.2, -0.15) is 0 Å². The average Bonchev–Trinajstić information content (AvgIpc) is 2.35. The summed E-state index contributed by atoms with van der Waals surface area (Å²) < 4.78 is 40.1. The van der Waals surface area contributed by atoms with Crippen molar-refractivity contribution in [2.24, 2.45) is 0 Å². The van der Waals surface area contributed by atoms with Crippen molar-refractivity contribution in [2.75, 3.05) is 25.9 Å².